The second kappa shape index (κ2) is 7.42. The third-order valence-electron chi connectivity index (χ3n) is 4.42. The number of nitrogens with two attached hydrogens (primary N) is 1. The van der Waals surface area contributed by atoms with Gasteiger partial charge in [0.15, 0.2) is 5.13 Å². The summed E-state index contributed by atoms with van der Waals surface area (Å²) in [5, 5.41) is 3.48. The summed E-state index contributed by atoms with van der Waals surface area (Å²) in [5.74, 6) is -0.124. The molecule has 128 valence electrons. The van der Waals surface area contributed by atoms with E-state index in [0.29, 0.717) is 11.7 Å². The number of aromatic nitrogens is 1. The molecule has 1 aliphatic carbocycles. The summed E-state index contributed by atoms with van der Waals surface area (Å²) < 4.78 is 5.15. The number of hydrogen-bond acceptors (Lipinski definition) is 5. The fourth-order valence-electron chi connectivity index (χ4n) is 3.08. The summed E-state index contributed by atoms with van der Waals surface area (Å²) in [7, 11) is 1.56. The predicted molar refractivity (Wildman–Crippen MR) is 97.4 cm³/mol. The van der Waals surface area contributed by atoms with Crippen molar-refractivity contribution in [2.75, 3.05) is 19.0 Å². The fourth-order valence-corrected chi connectivity index (χ4v) is 3.93. The Morgan fingerprint density at radius 3 is 2.96 bits per heavy atom. The maximum absolute atomic E-state index is 12.1. The van der Waals surface area contributed by atoms with E-state index in [4.69, 9.17) is 10.5 Å². The molecule has 6 heteroatoms. The Bertz CT molecular complexity index is 738. The van der Waals surface area contributed by atoms with Gasteiger partial charge in [0, 0.05) is 24.1 Å². The van der Waals surface area contributed by atoms with Crippen LogP contribution in [-0.4, -0.2) is 30.6 Å². The smallest absolute Gasteiger partial charge is 0.228 e. The van der Waals surface area contributed by atoms with Crippen LogP contribution in [0, 0.1) is 6.92 Å². The molecule has 24 heavy (non-hydrogen) atoms. The quantitative estimate of drug-likeness (QED) is 0.844. The first-order valence-electron chi connectivity index (χ1n) is 8.23. The molecule has 2 aromatic rings. The number of carbonyl (C=O) groups is 1. The van der Waals surface area contributed by atoms with Gasteiger partial charge in [0.1, 0.15) is 0 Å². The van der Waals surface area contributed by atoms with E-state index in [-0.39, 0.29) is 18.4 Å². The first kappa shape index (κ1) is 17.1. The first-order chi connectivity index (χ1) is 11.6. The van der Waals surface area contributed by atoms with Crippen molar-refractivity contribution in [3.05, 3.63) is 34.2 Å². The lowest BCUT2D eigenvalue weighted by atomic mass is 10.0. The molecular weight excluding hydrogens is 322 g/mol. The third-order valence-corrected chi connectivity index (χ3v) is 5.31. The Balaban J connectivity index is 1.74. The molecule has 0 aliphatic heterocycles. The molecule has 3 N–H and O–H groups in total. The molecule has 0 saturated heterocycles. The fraction of sp³-hybridized carbons (Fsp3) is 0.444. The number of nitrogens with one attached hydrogen (secondary N) is 1. The van der Waals surface area contributed by atoms with Gasteiger partial charge in [-0.05, 0) is 43.4 Å². The highest BCUT2D eigenvalue weighted by Gasteiger charge is 2.17. The van der Waals surface area contributed by atoms with E-state index in [1.165, 1.54) is 35.3 Å². The molecule has 1 aromatic carbocycles. The molecular formula is C18H23N3O2S. The van der Waals surface area contributed by atoms with Gasteiger partial charge >= 0.3 is 0 Å². The second-order valence-corrected chi connectivity index (χ2v) is 7.31. The number of amides is 1. The highest BCUT2D eigenvalue weighted by molar-refractivity contribution is 7.16. The van der Waals surface area contributed by atoms with Crippen LogP contribution in [0.15, 0.2) is 18.2 Å². The van der Waals surface area contributed by atoms with E-state index in [2.05, 4.69) is 28.5 Å². The normalized spacial score (nSPS) is 14.5. The number of benzene rings is 1. The molecule has 0 radical (unpaired) electrons. The minimum absolute atomic E-state index is 0.124. The van der Waals surface area contributed by atoms with E-state index < -0.39 is 0 Å². The molecule has 1 atom stereocenters. The largest absolute Gasteiger partial charge is 0.380 e. The zero-order valence-electron chi connectivity index (χ0n) is 14.1. The minimum Gasteiger partial charge on any atom is -0.380 e. The number of aryl methyl sites for hydroxylation is 3. The Kier molecular flexibility index (Phi) is 5.28. The van der Waals surface area contributed by atoms with Crippen LogP contribution in [0.2, 0.25) is 0 Å². The molecule has 1 amide bonds. The summed E-state index contributed by atoms with van der Waals surface area (Å²) in [4.78, 5) is 17.8. The Labute approximate surface area is 146 Å². The van der Waals surface area contributed by atoms with Crippen molar-refractivity contribution < 1.29 is 9.53 Å². The van der Waals surface area contributed by atoms with Crippen molar-refractivity contribution in [1.82, 2.24) is 4.98 Å². The summed E-state index contributed by atoms with van der Waals surface area (Å²) in [5.41, 5.74) is 10.5. The molecule has 1 unspecified atom stereocenters. The van der Waals surface area contributed by atoms with Crippen molar-refractivity contribution in [3.8, 4) is 11.3 Å². The number of anilines is 1. The van der Waals surface area contributed by atoms with Crippen LogP contribution >= 0.6 is 11.3 Å². The summed E-state index contributed by atoms with van der Waals surface area (Å²) in [6, 6.07) is 6.58. The van der Waals surface area contributed by atoms with Crippen LogP contribution in [0.4, 0.5) is 5.13 Å². The molecule has 0 spiro atoms. The van der Waals surface area contributed by atoms with Gasteiger partial charge in [0.2, 0.25) is 5.91 Å². The van der Waals surface area contributed by atoms with E-state index in [1.807, 2.05) is 6.92 Å². The van der Waals surface area contributed by atoms with Gasteiger partial charge in [0.25, 0.3) is 0 Å². The lowest BCUT2D eigenvalue weighted by Gasteiger charge is -2.11. The van der Waals surface area contributed by atoms with E-state index in [0.717, 1.165) is 22.6 Å². The van der Waals surface area contributed by atoms with Crippen molar-refractivity contribution in [2.24, 2.45) is 5.73 Å². The molecule has 1 aromatic heterocycles. The average Bonchev–Trinajstić information content (AvgIpc) is 3.18. The van der Waals surface area contributed by atoms with Gasteiger partial charge in [-0.3, -0.25) is 4.79 Å². The van der Waals surface area contributed by atoms with E-state index in [9.17, 15) is 4.79 Å². The molecule has 0 fully saturated rings. The number of rotatable bonds is 6. The number of nitrogens with zero attached hydrogens (tertiary/aromatic N) is 1. The molecule has 3 rings (SSSR count). The van der Waals surface area contributed by atoms with Crippen molar-refractivity contribution in [2.45, 2.75) is 38.7 Å². The molecule has 5 nitrogen and oxygen atoms in total. The topological polar surface area (TPSA) is 77.2 Å². The van der Waals surface area contributed by atoms with Gasteiger partial charge in [-0.2, -0.15) is 0 Å². The lowest BCUT2D eigenvalue weighted by molar-refractivity contribution is -0.118. The van der Waals surface area contributed by atoms with Crippen LogP contribution < -0.4 is 11.1 Å². The zero-order valence-corrected chi connectivity index (χ0v) is 14.9. The summed E-state index contributed by atoms with van der Waals surface area (Å²) in [6.45, 7) is 2.36. The Morgan fingerprint density at radius 2 is 2.21 bits per heavy atom. The summed E-state index contributed by atoms with van der Waals surface area (Å²) in [6.07, 6.45) is 3.53. The second-order valence-electron chi connectivity index (χ2n) is 6.11. The van der Waals surface area contributed by atoms with Crippen molar-refractivity contribution in [3.63, 3.8) is 0 Å². The maximum Gasteiger partial charge on any atom is 0.228 e. The first-order valence-corrected chi connectivity index (χ1v) is 9.04. The monoisotopic (exact) mass is 345 g/mol. The van der Waals surface area contributed by atoms with Gasteiger partial charge < -0.3 is 15.8 Å². The number of methoxy groups -OCH3 is 1. The lowest BCUT2D eigenvalue weighted by Crippen LogP contribution is -2.28. The van der Waals surface area contributed by atoms with Gasteiger partial charge in [-0.25, -0.2) is 4.98 Å². The standard InChI is InChI=1S/C18H23N3O2S/c1-11-17(14-7-6-12-4-3-5-13(12)8-14)21-18(24-11)20-16(22)9-15(10-19)23-2/h6-8,15H,3-5,9-10,19H2,1-2H3,(H,20,21,22). The van der Waals surface area contributed by atoms with E-state index in [1.54, 1.807) is 7.11 Å². The van der Waals surface area contributed by atoms with Crippen molar-refractivity contribution >= 4 is 22.4 Å². The molecule has 0 saturated carbocycles. The number of thiazole rings is 1. The van der Waals surface area contributed by atoms with Crippen molar-refractivity contribution in [1.29, 1.82) is 0 Å². The minimum atomic E-state index is -0.262. The van der Waals surface area contributed by atoms with Gasteiger partial charge in [-0.1, -0.05) is 12.1 Å². The van der Waals surface area contributed by atoms with Crippen LogP contribution in [0.5, 0.6) is 0 Å². The Hall–Kier alpha value is -1.76. The zero-order chi connectivity index (χ0) is 17.1. The van der Waals surface area contributed by atoms with Crippen LogP contribution in [0.3, 0.4) is 0 Å². The maximum atomic E-state index is 12.1. The molecule has 0 bridgehead atoms. The van der Waals surface area contributed by atoms with Crippen LogP contribution in [0.1, 0.15) is 28.8 Å². The SMILES string of the molecule is COC(CN)CC(=O)Nc1nc(-c2ccc3c(c2)CCC3)c(C)s1. The predicted octanol–water partition coefficient (Wildman–Crippen LogP) is 2.91. The summed E-state index contributed by atoms with van der Waals surface area (Å²) >= 11 is 1.50. The van der Waals surface area contributed by atoms with Gasteiger partial charge in [0.05, 0.1) is 18.2 Å². The van der Waals surface area contributed by atoms with Crippen LogP contribution in [-0.2, 0) is 22.4 Å². The average molecular weight is 345 g/mol. The van der Waals surface area contributed by atoms with Crippen LogP contribution in [0.25, 0.3) is 11.3 Å². The van der Waals surface area contributed by atoms with Gasteiger partial charge in [-0.15, -0.1) is 11.3 Å². The highest BCUT2D eigenvalue weighted by atomic mass is 32.1. The molecule has 1 heterocycles. The number of fused-ring (bicyclic) bond motifs is 1. The Morgan fingerprint density at radius 1 is 1.42 bits per heavy atom. The highest BCUT2D eigenvalue weighted by Crippen LogP contribution is 2.33. The number of carbonyl (C=O) groups excluding carboxylic acids is 1. The number of ether oxygens (including phenoxy) is 1. The molecule has 1 aliphatic rings. The van der Waals surface area contributed by atoms with E-state index >= 15 is 0 Å². The third kappa shape index (κ3) is 3.66. The number of hydrogen-bond donors (Lipinski definition) is 2.